The second-order valence-electron chi connectivity index (χ2n) is 6.11. The Kier molecular flexibility index (Phi) is 3.16. The zero-order valence-electron chi connectivity index (χ0n) is 14.2. The summed E-state index contributed by atoms with van der Waals surface area (Å²) in [5.41, 5.74) is 7.34. The van der Waals surface area contributed by atoms with Crippen molar-refractivity contribution >= 4 is 27.8 Å². The molecular formula is C18H13N7O3. The number of hydrogen-bond donors (Lipinski definition) is 4. The predicted molar refractivity (Wildman–Crippen MR) is 101 cm³/mol. The maximum absolute atomic E-state index is 10.9. The SMILES string of the molecule is Nc1c(O)c(-n2nc3ccccc3n2)c(O)c(-n2nc3ccccc3n2)c1O. The molecule has 28 heavy (non-hydrogen) atoms. The highest BCUT2D eigenvalue weighted by atomic mass is 16.3. The predicted octanol–water partition coefficient (Wildman–Crippen LogP) is 1.85. The Morgan fingerprint density at radius 2 is 0.893 bits per heavy atom. The lowest BCUT2D eigenvalue weighted by molar-refractivity contribution is 0.415. The maximum atomic E-state index is 10.9. The van der Waals surface area contributed by atoms with Crippen molar-refractivity contribution in [2.45, 2.75) is 0 Å². The minimum atomic E-state index is -0.559. The van der Waals surface area contributed by atoms with Crippen LogP contribution >= 0.6 is 0 Å². The summed E-state index contributed by atoms with van der Waals surface area (Å²) in [6, 6.07) is 14.1. The molecule has 5 aromatic rings. The molecule has 0 aliphatic heterocycles. The van der Waals surface area contributed by atoms with E-state index in [9.17, 15) is 15.3 Å². The first kappa shape index (κ1) is 15.9. The summed E-state index contributed by atoms with van der Waals surface area (Å²) in [6.07, 6.45) is 0. The van der Waals surface area contributed by atoms with Gasteiger partial charge in [0, 0.05) is 0 Å². The Bertz CT molecular complexity index is 1210. The van der Waals surface area contributed by atoms with Crippen LogP contribution in [-0.2, 0) is 0 Å². The molecule has 0 amide bonds. The molecular weight excluding hydrogens is 362 g/mol. The zero-order valence-corrected chi connectivity index (χ0v) is 14.2. The number of hydrogen-bond acceptors (Lipinski definition) is 8. The molecule has 10 heteroatoms. The van der Waals surface area contributed by atoms with Gasteiger partial charge in [-0.1, -0.05) is 24.3 Å². The highest BCUT2D eigenvalue weighted by Crippen LogP contribution is 2.47. The second-order valence-corrected chi connectivity index (χ2v) is 6.11. The number of aromatic nitrogens is 6. The van der Waals surface area contributed by atoms with E-state index in [0.29, 0.717) is 22.1 Å². The van der Waals surface area contributed by atoms with Crippen LogP contribution < -0.4 is 5.73 Å². The molecule has 0 saturated carbocycles. The van der Waals surface area contributed by atoms with Gasteiger partial charge in [0.25, 0.3) is 0 Å². The van der Waals surface area contributed by atoms with Gasteiger partial charge < -0.3 is 21.1 Å². The lowest BCUT2D eigenvalue weighted by Crippen LogP contribution is -2.07. The highest BCUT2D eigenvalue weighted by Gasteiger charge is 2.27. The molecule has 138 valence electrons. The number of rotatable bonds is 2. The van der Waals surface area contributed by atoms with Crippen LogP contribution in [0, 0.1) is 0 Å². The summed E-state index contributed by atoms with van der Waals surface area (Å²) in [4.78, 5) is 2.11. The monoisotopic (exact) mass is 375 g/mol. The van der Waals surface area contributed by atoms with Gasteiger partial charge in [0.1, 0.15) is 27.8 Å². The molecule has 3 aromatic carbocycles. The van der Waals surface area contributed by atoms with Crippen molar-refractivity contribution < 1.29 is 15.3 Å². The van der Waals surface area contributed by atoms with E-state index in [1.165, 1.54) is 0 Å². The first-order valence-corrected chi connectivity index (χ1v) is 8.26. The summed E-state index contributed by atoms with van der Waals surface area (Å²) in [5, 5.41) is 48.8. The third-order valence-corrected chi connectivity index (χ3v) is 4.38. The molecule has 0 bridgehead atoms. The number of anilines is 1. The van der Waals surface area contributed by atoms with Crippen molar-refractivity contribution in [1.82, 2.24) is 30.0 Å². The number of nitrogens with two attached hydrogens (primary N) is 1. The van der Waals surface area contributed by atoms with E-state index in [0.717, 1.165) is 9.59 Å². The zero-order chi connectivity index (χ0) is 19.4. The Balaban J connectivity index is 1.81. The second kappa shape index (κ2) is 5.58. The molecule has 2 aromatic heterocycles. The minimum absolute atomic E-state index is 0.192. The number of benzene rings is 3. The summed E-state index contributed by atoms with van der Waals surface area (Å²) in [6.45, 7) is 0. The van der Waals surface area contributed by atoms with Gasteiger partial charge in [-0.05, 0) is 24.3 Å². The number of phenolic OH excluding ortho intramolecular Hbond substituents is 3. The van der Waals surface area contributed by atoms with Gasteiger partial charge in [0.05, 0.1) is 0 Å². The molecule has 0 fully saturated rings. The van der Waals surface area contributed by atoms with Gasteiger partial charge >= 0.3 is 0 Å². The molecule has 5 rings (SSSR count). The van der Waals surface area contributed by atoms with Crippen LogP contribution in [0.2, 0.25) is 0 Å². The Morgan fingerprint density at radius 1 is 0.571 bits per heavy atom. The Hall–Kier alpha value is -4.34. The summed E-state index contributed by atoms with van der Waals surface area (Å²) in [5.74, 6) is -1.64. The van der Waals surface area contributed by atoms with E-state index in [4.69, 9.17) is 5.73 Å². The lowest BCUT2D eigenvalue weighted by atomic mass is 10.2. The van der Waals surface area contributed by atoms with Gasteiger partial charge in [-0.2, -0.15) is 0 Å². The molecule has 0 atom stereocenters. The average Bonchev–Trinajstić information content (AvgIpc) is 3.30. The number of aromatic hydroxyl groups is 3. The molecule has 0 saturated heterocycles. The first-order valence-electron chi connectivity index (χ1n) is 8.26. The van der Waals surface area contributed by atoms with Gasteiger partial charge in [-0.25, -0.2) is 0 Å². The normalized spacial score (nSPS) is 11.4. The van der Waals surface area contributed by atoms with E-state index >= 15 is 0 Å². The van der Waals surface area contributed by atoms with Crippen molar-refractivity contribution in [3.05, 3.63) is 48.5 Å². The van der Waals surface area contributed by atoms with Gasteiger partial charge in [0.15, 0.2) is 28.6 Å². The smallest absolute Gasteiger partial charge is 0.178 e. The summed E-state index contributed by atoms with van der Waals surface area (Å²) >= 11 is 0. The van der Waals surface area contributed by atoms with Crippen molar-refractivity contribution in [3.63, 3.8) is 0 Å². The van der Waals surface area contributed by atoms with Gasteiger partial charge in [-0.3, -0.25) is 0 Å². The van der Waals surface area contributed by atoms with Crippen molar-refractivity contribution in [1.29, 1.82) is 0 Å². The molecule has 0 spiro atoms. The average molecular weight is 375 g/mol. The third kappa shape index (κ3) is 2.14. The number of nitrogens with zero attached hydrogens (tertiary/aromatic N) is 6. The largest absolute Gasteiger partial charge is 0.504 e. The van der Waals surface area contributed by atoms with Crippen molar-refractivity contribution in [3.8, 4) is 28.6 Å². The Labute approximate surface area is 156 Å². The molecule has 0 unspecified atom stereocenters. The van der Waals surface area contributed by atoms with Crippen LogP contribution in [0.25, 0.3) is 33.4 Å². The van der Waals surface area contributed by atoms with Crippen molar-refractivity contribution in [2.75, 3.05) is 5.73 Å². The summed E-state index contributed by atoms with van der Waals surface area (Å²) < 4.78 is 0. The topological polar surface area (TPSA) is 148 Å². The van der Waals surface area contributed by atoms with Gasteiger partial charge in [-0.15, -0.1) is 30.0 Å². The first-order chi connectivity index (χ1) is 13.5. The van der Waals surface area contributed by atoms with Crippen molar-refractivity contribution in [2.24, 2.45) is 0 Å². The van der Waals surface area contributed by atoms with Crippen LogP contribution in [-0.4, -0.2) is 45.3 Å². The lowest BCUT2D eigenvalue weighted by Gasteiger charge is -2.14. The van der Waals surface area contributed by atoms with Crippen LogP contribution in [0.4, 0.5) is 5.69 Å². The fourth-order valence-electron chi connectivity index (χ4n) is 3.00. The number of phenols is 3. The van der Waals surface area contributed by atoms with Crippen LogP contribution in [0.15, 0.2) is 48.5 Å². The van der Waals surface area contributed by atoms with Crippen LogP contribution in [0.3, 0.4) is 0 Å². The van der Waals surface area contributed by atoms with Crippen LogP contribution in [0.1, 0.15) is 0 Å². The molecule has 0 aliphatic rings. The van der Waals surface area contributed by atoms with E-state index in [1.54, 1.807) is 48.5 Å². The van der Waals surface area contributed by atoms with E-state index < -0.39 is 17.2 Å². The molecule has 10 nitrogen and oxygen atoms in total. The number of nitrogen functional groups attached to an aromatic ring is 1. The molecule has 2 heterocycles. The molecule has 0 radical (unpaired) electrons. The van der Waals surface area contributed by atoms with Gasteiger partial charge in [0.2, 0.25) is 0 Å². The third-order valence-electron chi connectivity index (χ3n) is 4.38. The standard InChI is InChI=1S/C18H13N7O3/c19-13-16(26)14(24-20-9-5-1-2-6-10(9)21-24)18(28)15(17(13)27)25-22-11-7-3-4-8-12(11)23-25/h1-8,26-28H,19H2. The summed E-state index contributed by atoms with van der Waals surface area (Å²) in [7, 11) is 0. The van der Waals surface area contributed by atoms with E-state index in [1.807, 2.05) is 0 Å². The fourth-order valence-corrected chi connectivity index (χ4v) is 3.00. The maximum Gasteiger partial charge on any atom is 0.178 e. The van der Waals surface area contributed by atoms with E-state index in [2.05, 4.69) is 20.4 Å². The quantitative estimate of drug-likeness (QED) is 0.207. The van der Waals surface area contributed by atoms with E-state index in [-0.39, 0.29) is 17.1 Å². The minimum Gasteiger partial charge on any atom is -0.504 e. The van der Waals surface area contributed by atoms with Crippen LogP contribution in [0.5, 0.6) is 17.2 Å². The molecule has 0 aliphatic carbocycles. The Morgan fingerprint density at radius 3 is 1.21 bits per heavy atom. The number of fused-ring (bicyclic) bond motifs is 2. The fraction of sp³-hybridized carbons (Fsp3) is 0. The highest BCUT2D eigenvalue weighted by molar-refractivity contribution is 5.83. The molecule has 5 N–H and O–H groups in total.